The Morgan fingerprint density at radius 2 is 1.78 bits per heavy atom. The fraction of sp³-hybridized carbons (Fsp3) is 0.444. The molecule has 2 aromatic carbocycles. The van der Waals surface area contributed by atoms with E-state index in [-0.39, 0.29) is 30.8 Å². The molecule has 3 aromatic rings. The number of aliphatic hydroxyl groups is 2. The first kappa shape index (κ1) is 27.1. The van der Waals surface area contributed by atoms with Crippen LogP contribution in [0.4, 0.5) is 23.2 Å². The first-order chi connectivity index (χ1) is 17.7. The van der Waals surface area contributed by atoms with E-state index in [1.807, 2.05) is 0 Å². The van der Waals surface area contributed by atoms with Crippen LogP contribution in [0.3, 0.4) is 0 Å². The van der Waals surface area contributed by atoms with Gasteiger partial charge in [0, 0.05) is 42.8 Å². The maximum absolute atomic E-state index is 14.7. The summed E-state index contributed by atoms with van der Waals surface area (Å²) >= 11 is 0. The summed E-state index contributed by atoms with van der Waals surface area (Å²) in [5.41, 5.74) is -0.0568. The molecule has 0 aliphatic carbocycles. The Balaban J connectivity index is 1.33. The number of rotatable bonds is 10. The molecule has 200 valence electrons. The van der Waals surface area contributed by atoms with Crippen molar-refractivity contribution >= 4 is 16.6 Å². The third kappa shape index (κ3) is 6.14. The predicted molar refractivity (Wildman–Crippen MR) is 132 cm³/mol. The van der Waals surface area contributed by atoms with E-state index in [0.717, 1.165) is 6.20 Å². The van der Waals surface area contributed by atoms with Crippen molar-refractivity contribution in [2.75, 3.05) is 45.2 Å². The maximum Gasteiger partial charge on any atom is 0.152 e. The van der Waals surface area contributed by atoms with Crippen molar-refractivity contribution in [1.29, 1.82) is 0 Å². The molecule has 0 unspecified atom stereocenters. The van der Waals surface area contributed by atoms with Gasteiger partial charge >= 0.3 is 0 Å². The Labute approximate surface area is 212 Å². The van der Waals surface area contributed by atoms with E-state index < -0.39 is 34.8 Å². The molecule has 1 fully saturated rings. The highest BCUT2D eigenvalue weighted by Gasteiger charge is 2.34. The summed E-state index contributed by atoms with van der Waals surface area (Å²) in [6.07, 6.45) is 2.09. The first-order valence-electron chi connectivity index (χ1n) is 12.3. The summed E-state index contributed by atoms with van der Waals surface area (Å²) in [6, 6.07) is 6.35. The average Bonchev–Trinajstić information content (AvgIpc) is 2.89. The Hall–Kier alpha value is -2.95. The third-order valence-electron chi connectivity index (χ3n) is 7.34. The van der Waals surface area contributed by atoms with Crippen LogP contribution in [0, 0.1) is 28.7 Å². The zero-order valence-electron chi connectivity index (χ0n) is 20.6. The quantitative estimate of drug-likeness (QED) is 0.333. The van der Waals surface area contributed by atoms with Crippen LogP contribution in [-0.2, 0) is 0 Å². The number of ether oxygens (including phenoxy) is 1. The fourth-order valence-electron chi connectivity index (χ4n) is 5.01. The van der Waals surface area contributed by atoms with Gasteiger partial charge in [0.1, 0.15) is 23.1 Å². The van der Waals surface area contributed by atoms with Crippen LogP contribution in [0.2, 0.25) is 0 Å². The minimum atomic E-state index is -1.08. The standard InChI is InChI=1S/C27H31F4N3O3/c1-37-18-2-3-23-19(14-18)25(22(31)15-33-23)24(36)4-5-27(16-35)6-9-34(10-7-27)11-8-32-26-20(29)12-17(28)13-21(26)30/h2-3,12-15,24,32,35-36H,4-11,16H2,1H3/t24-/m0/s1. The van der Waals surface area contributed by atoms with Crippen molar-refractivity contribution in [2.24, 2.45) is 5.41 Å². The minimum absolute atomic E-state index is 0.0643. The lowest BCUT2D eigenvalue weighted by Gasteiger charge is -2.41. The molecule has 1 atom stereocenters. The number of fused-ring (bicyclic) bond motifs is 1. The van der Waals surface area contributed by atoms with E-state index >= 15 is 0 Å². The van der Waals surface area contributed by atoms with E-state index in [2.05, 4.69) is 15.2 Å². The zero-order valence-corrected chi connectivity index (χ0v) is 20.6. The lowest BCUT2D eigenvalue weighted by atomic mass is 9.74. The van der Waals surface area contributed by atoms with Crippen LogP contribution in [0.25, 0.3) is 10.9 Å². The number of hydrogen-bond donors (Lipinski definition) is 3. The van der Waals surface area contributed by atoms with Gasteiger partial charge in [-0.2, -0.15) is 0 Å². The third-order valence-corrected chi connectivity index (χ3v) is 7.34. The van der Waals surface area contributed by atoms with E-state index in [1.165, 1.54) is 7.11 Å². The summed E-state index contributed by atoms with van der Waals surface area (Å²) in [5.74, 6) is -2.99. The molecule has 4 rings (SSSR count). The highest BCUT2D eigenvalue weighted by Crippen LogP contribution is 2.39. The van der Waals surface area contributed by atoms with Crippen molar-refractivity contribution in [1.82, 2.24) is 9.88 Å². The number of aromatic nitrogens is 1. The molecule has 2 heterocycles. The Kier molecular flexibility index (Phi) is 8.51. The van der Waals surface area contributed by atoms with Gasteiger partial charge in [-0.05, 0) is 62.4 Å². The van der Waals surface area contributed by atoms with Crippen LogP contribution < -0.4 is 10.1 Å². The van der Waals surface area contributed by atoms with Crippen LogP contribution in [-0.4, -0.2) is 60.0 Å². The summed E-state index contributed by atoms with van der Waals surface area (Å²) in [4.78, 5) is 6.20. The topological polar surface area (TPSA) is 77.8 Å². The summed E-state index contributed by atoms with van der Waals surface area (Å²) in [5, 5.41) is 24.3. The van der Waals surface area contributed by atoms with Gasteiger partial charge in [-0.25, -0.2) is 17.6 Å². The highest BCUT2D eigenvalue weighted by molar-refractivity contribution is 5.84. The van der Waals surface area contributed by atoms with Gasteiger partial charge in [-0.1, -0.05) is 0 Å². The maximum atomic E-state index is 14.7. The zero-order chi connectivity index (χ0) is 26.6. The molecule has 0 amide bonds. The van der Waals surface area contributed by atoms with Crippen LogP contribution in [0.5, 0.6) is 5.75 Å². The van der Waals surface area contributed by atoms with Crippen molar-refractivity contribution in [2.45, 2.75) is 31.8 Å². The number of piperidine rings is 1. The molecule has 6 nitrogen and oxygen atoms in total. The van der Waals surface area contributed by atoms with Crippen molar-refractivity contribution in [3.05, 3.63) is 65.4 Å². The first-order valence-corrected chi connectivity index (χ1v) is 12.3. The number of anilines is 1. The number of nitrogens with zero attached hydrogens (tertiary/aromatic N) is 2. The van der Waals surface area contributed by atoms with Crippen molar-refractivity contribution in [3.8, 4) is 5.75 Å². The smallest absolute Gasteiger partial charge is 0.152 e. The van der Waals surface area contributed by atoms with Crippen LogP contribution in [0.15, 0.2) is 36.5 Å². The molecule has 0 spiro atoms. The van der Waals surface area contributed by atoms with Crippen molar-refractivity contribution in [3.63, 3.8) is 0 Å². The number of benzene rings is 2. The molecule has 1 aliphatic rings. The molecule has 10 heteroatoms. The molecule has 1 aromatic heterocycles. The number of pyridine rings is 1. The average molecular weight is 522 g/mol. The number of nitrogens with one attached hydrogen (secondary N) is 1. The molecule has 3 N–H and O–H groups in total. The van der Waals surface area contributed by atoms with Gasteiger partial charge in [0.25, 0.3) is 0 Å². The van der Waals surface area contributed by atoms with E-state index in [9.17, 15) is 27.8 Å². The SMILES string of the molecule is COc1ccc2ncc(F)c([C@@H](O)CCC3(CO)CCN(CCNc4c(F)cc(F)cc4F)CC3)c2c1. The van der Waals surface area contributed by atoms with Gasteiger partial charge in [0.05, 0.1) is 24.9 Å². The largest absolute Gasteiger partial charge is 0.497 e. The molecule has 0 saturated carbocycles. The van der Waals surface area contributed by atoms with Crippen molar-refractivity contribution < 1.29 is 32.5 Å². The van der Waals surface area contributed by atoms with Gasteiger partial charge in [-0.3, -0.25) is 4.98 Å². The molecular formula is C27H31F4N3O3. The lowest BCUT2D eigenvalue weighted by molar-refractivity contribution is 0.0244. The Morgan fingerprint density at radius 3 is 2.43 bits per heavy atom. The summed E-state index contributed by atoms with van der Waals surface area (Å²) in [7, 11) is 1.51. The monoisotopic (exact) mass is 521 g/mol. The van der Waals surface area contributed by atoms with Gasteiger partial charge < -0.3 is 25.2 Å². The minimum Gasteiger partial charge on any atom is -0.497 e. The molecular weight excluding hydrogens is 490 g/mol. The van der Waals surface area contributed by atoms with Gasteiger partial charge in [0.15, 0.2) is 11.6 Å². The number of halogens is 4. The molecule has 0 bridgehead atoms. The van der Waals surface area contributed by atoms with Gasteiger partial charge in [-0.15, -0.1) is 0 Å². The summed E-state index contributed by atoms with van der Waals surface area (Å²) in [6.45, 7) is 2.01. The van der Waals surface area contributed by atoms with Crippen LogP contribution in [0.1, 0.15) is 37.4 Å². The Morgan fingerprint density at radius 1 is 1.08 bits per heavy atom. The second kappa shape index (κ2) is 11.6. The normalized spacial score (nSPS) is 16.6. The second-order valence-electron chi connectivity index (χ2n) is 9.63. The lowest BCUT2D eigenvalue weighted by Crippen LogP contribution is -2.43. The number of aliphatic hydroxyl groups excluding tert-OH is 2. The summed E-state index contributed by atoms with van der Waals surface area (Å²) < 4.78 is 60.7. The van der Waals surface area contributed by atoms with E-state index in [4.69, 9.17) is 4.74 Å². The van der Waals surface area contributed by atoms with E-state index in [1.54, 1.807) is 18.2 Å². The number of hydrogen-bond acceptors (Lipinski definition) is 6. The second-order valence-corrected chi connectivity index (χ2v) is 9.63. The molecule has 37 heavy (non-hydrogen) atoms. The fourth-order valence-corrected chi connectivity index (χ4v) is 5.01. The van der Waals surface area contributed by atoms with Crippen LogP contribution >= 0.6 is 0 Å². The molecule has 1 saturated heterocycles. The highest BCUT2D eigenvalue weighted by atomic mass is 19.1. The Bertz CT molecular complexity index is 1210. The molecule has 1 aliphatic heterocycles. The van der Waals surface area contributed by atoms with Gasteiger partial charge in [0.2, 0.25) is 0 Å². The number of likely N-dealkylation sites (tertiary alicyclic amines) is 1. The predicted octanol–water partition coefficient (Wildman–Crippen LogP) is 4.80. The van der Waals surface area contributed by atoms with E-state index in [0.29, 0.717) is 67.7 Å². The molecule has 0 radical (unpaired) electrons. The number of methoxy groups -OCH3 is 1.